The van der Waals surface area contributed by atoms with Gasteiger partial charge in [0.05, 0.1) is 5.69 Å². The number of hydrogen-bond acceptors (Lipinski definition) is 5. The molecule has 0 fully saturated rings. The lowest BCUT2D eigenvalue weighted by Gasteiger charge is -2.04. The predicted octanol–water partition coefficient (Wildman–Crippen LogP) is 0.765. The van der Waals surface area contributed by atoms with E-state index in [9.17, 15) is 0 Å². The molecule has 0 atom stereocenters. The molecule has 2 rings (SSSR count). The van der Waals surface area contributed by atoms with Crippen LogP contribution in [0.15, 0.2) is 18.5 Å². The minimum Gasteiger partial charge on any atom is -0.388 e. The Kier molecular flexibility index (Phi) is 3.52. The highest BCUT2D eigenvalue weighted by Gasteiger charge is 2.05. The van der Waals surface area contributed by atoms with E-state index in [1.807, 2.05) is 20.2 Å². The number of nitrogens with one attached hydrogen (secondary N) is 1. The average Bonchev–Trinajstić information content (AvgIpc) is 2.65. The van der Waals surface area contributed by atoms with E-state index >= 15 is 0 Å². The van der Waals surface area contributed by atoms with Crippen molar-refractivity contribution in [3.8, 4) is 0 Å². The molecule has 0 amide bonds. The van der Waals surface area contributed by atoms with Gasteiger partial charge in [-0.15, -0.1) is 0 Å². The Morgan fingerprint density at radius 2 is 2.33 bits per heavy atom. The molecule has 0 spiro atoms. The molecule has 0 saturated heterocycles. The highest BCUT2D eigenvalue weighted by atomic mass is 32.1. The zero-order valence-electron chi connectivity index (χ0n) is 10.2. The Labute approximate surface area is 110 Å². The van der Waals surface area contributed by atoms with Gasteiger partial charge in [-0.05, 0) is 13.0 Å². The third-order valence-electron chi connectivity index (χ3n) is 2.46. The highest BCUT2D eigenvalue weighted by Crippen LogP contribution is 2.07. The Morgan fingerprint density at radius 3 is 2.94 bits per heavy atom. The van der Waals surface area contributed by atoms with Gasteiger partial charge in [-0.25, -0.2) is 9.97 Å². The van der Waals surface area contributed by atoms with Crippen LogP contribution in [-0.4, -0.2) is 24.7 Å². The van der Waals surface area contributed by atoms with E-state index in [1.54, 1.807) is 16.9 Å². The van der Waals surface area contributed by atoms with Crippen molar-refractivity contribution in [2.24, 2.45) is 12.8 Å². The second kappa shape index (κ2) is 5.09. The fraction of sp³-hybridized carbons (Fsp3) is 0.273. The summed E-state index contributed by atoms with van der Waals surface area (Å²) < 4.78 is 1.78. The zero-order valence-corrected chi connectivity index (χ0v) is 11.0. The molecule has 0 aliphatic carbocycles. The number of nitrogens with two attached hydrogens (primary N) is 1. The van der Waals surface area contributed by atoms with Gasteiger partial charge >= 0.3 is 0 Å². The van der Waals surface area contributed by atoms with E-state index in [-0.39, 0.29) is 4.99 Å². The van der Waals surface area contributed by atoms with Crippen LogP contribution < -0.4 is 11.1 Å². The fourth-order valence-electron chi connectivity index (χ4n) is 1.58. The third kappa shape index (κ3) is 2.80. The molecule has 94 valence electrons. The Bertz CT molecular complexity index is 577. The topological polar surface area (TPSA) is 81.7 Å². The van der Waals surface area contributed by atoms with Crippen LogP contribution in [0.25, 0.3) is 0 Å². The van der Waals surface area contributed by atoms with Crippen LogP contribution in [0.5, 0.6) is 0 Å². The molecular formula is C11H14N6S. The van der Waals surface area contributed by atoms with Crippen molar-refractivity contribution in [1.82, 2.24) is 19.7 Å². The van der Waals surface area contributed by atoms with Gasteiger partial charge < -0.3 is 11.1 Å². The number of hydrogen-bond donors (Lipinski definition) is 2. The van der Waals surface area contributed by atoms with E-state index in [0.29, 0.717) is 18.2 Å². The Morgan fingerprint density at radius 1 is 1.56 bits per heavy atom. The van der Waals surface area contributed by atoms with Crippen molar-refractivity contribution < 1.29 is 0 Å². The van der Waals surface area contributed by atoms with Gasteiger partial charge in [0, 0.05) is 31.5 Å². The summed E-state index contributed by atoms with van der Waals surface area (Å²) in [6, 6.07) is 1.68. The van der Waals surface area contributed by atoms with Gasteiger partial charge in [0.25, 0.3) is 0 Å². The van der Waals surface area contributed by atoms with Crippen LogP contribution >= 0.6 is 12.2 Å². The summed E-state index contributed by atoms with van der Waals surface area (Å²) in [4.78, 5) is 8.58. The number of anilines is 1. The van der Waals surface area contributed by atoms with Crippen molar-refractivity contribution in [2.45, 2.75) is 13.5 Å². The van der Waals surface area contributed by atoms with Crippen molar-refractivity contribution in [1.29, 1.82) is 0 Å². The second-order valence-electron chi connectivity index (χ2n) is 3.90. The van der Waals surface area contributed by atoms with Crippen LogP contribution in [0.1, 0.15) is 17.0 Å². The first kappa shape index (κ1) is 12.4. The van der Waals surface area contributed by atoms with Gasteiger partial charge in [0.1, 0.15) is 10.7 Å². The van der Waals surface area contributed by atoms with Crippen LogP contribution in [0.2, 0.25) is 0 Å². The van der Waals surface area contributed by atoms with Crippen LogP contribution in [0.4, 0.5) is 5.95 Å². The fourth-order valence-corrected chi connectivity index (χ4v) is 1.69. The molecule has 2 heterocycles. The minimum atomic E-state index is 0.262. The summed E-state index contributed by atoms with van der Waals surface area (Å²) in [6.45, 7) is 2.57. The highest BCUT2D eigenvalue weighted by molar-refractivity contribution is 7.80. The van der Waals surface area contributed by atoms with E-state index in [2.05, 4.69) is 20.4 Å². The molecule has 2 aromatic heterocycles. The Balaban J connectivity index is 2.08. The van der Waals surface area contributed by atoms with Gasteiger partial charge in [-0.3, -0.25) is 4.68 Å². The minimum absolute atomic E-state index is 0.262. The van der Waals surface area contributed by atoms with Gasteiger partial charge in [0.15, 0.2) is 0 Å². The summed E-state index contributed by atoms with van der Waals surface area (Å²) in [5, 5.41) is 7.38. The molecule has 0 aromatic carbocycles. The van der Waals surface area contributed by atoms with Crippen LogP contribution in [0.3, 0.4) is 0 Å². The van der Waals surface area contributed by atoms with Gasteiger partial charge in [-0.1, -0.05) is 12.2 Å². The van der Waals surface area contributed by atoms with Crippen molar-refractivity contribution in [3.05, 3.63) is 35.4 Å². The lowest BCUT2D eigenvalue weighted by Crippen LogP contribution is -2.13. The number of rotatable bonds is 4. The maximum absolute atomic E-state index is 5.52. The molecule has 0 bridgehead atoms. The average molecular weight is 262 g/mol. The lowest BCUT2D eigenvalue weighted by atomic mass is 10.3. The molecule has 0 aliphatic heterocycles. The zero-order chi connectivity index (χ0) is 13.1. The van der Waals surface area contributed by atoms with E-state index in [4.69, 9.17) is 18.0 Å². The summed E-state index contributed by atoms with van der Waals surface area (Å²) in [7, 11) is 1.89. The number of nitrogens with zero attached hydrogens (tertiary/aromatic N) is 4. The predicted molar refractivity (Wildman–Crippen MR) is 73.2 cm³/mol. The molecule has 0 radical (unpaired) electrons. The normalized spacial score (nSPS) is 10.3. The first-order valence-electron chi connectivity index (χ1n) is 5.42. The summed E-state index contributed by atoms with van der Waals surface area (Å²) >= 11 is 4.87. The third-order valence-corrected chi connectivity index (χ3v) is 2.67. The number of aromatic nitrogens is 4. The molecular weight excluding hydrogens is 248 g/mol. The van der Waals surface area contributed by atoms with E-state index < -0.39 is 0 Å². The first-order valence-corrected chi connectivity index (χ1v) is 5.83. The SMILES string of the molecule is Cc1nn(C)cc1CNc1nccc(C(N)=S)n1. The van der Waals surface area contributed by atoms with Crippen molar-refractivity contribution in [3.63, 3.8) is 0 Å². The molecule has 3 N–H and O–H groups in total. The van der Waals surface area contributed by atoms with E-state index in [1.165, 1.54) is 0 Å². The smallest absolute Gasteiger partial charge is 0.223 e. The first-order chi connectivity index (χ1) is 8.56. The van der Waals surface area contributed by atoms with Crippen molar-refractivity contribution >= 4 is 23.2 Å². The maximum Gasteiger partial charge on any atom is 0.223 e. The monoisotopic (exact) mass is 262 g/mol. The largest absolute Gasteiger partial charge is 0.388 e. The van der Waals surface area contributed by atoms with Gasteiger partial charge in [-0.2, -0.15) is 5.10 Å². The number of thiocarbonyl (C=S) groups is 1. The van der Waals surface area contributed by atoms with Crippen LogP contribution in [-0.2, 0) is 13.6 Å². The molecule has 0 aliphatic rings. The standard InChI is InChI=1S/C11H14N6S/c1-7-8(6-17(2)16-7)5-14-11-13-4-3-9(15-11)10(12)18/h3-4,6H,5H2,1-2H3,(H2,12,18)(H,13,14,15). The number of aryl methyl sites for hydroxylation is 2. The summed E-state index contributed by atoms with van der Waals surface area (Å²) in [6.07, 6.45) is 3.58. The maximum atomic E-state index is 5.52. The molecule has 2 aromatic rings. The quantitative estimate of drug-likeness (QED) is 0.792. The summed E-state index contributed by atoms with van der Waals surface area (Å²) in [5.74, 6) is 0.503. The molecule has 18 heavy (non-hydrogen) atoms. The lowest BCUT2D eigenvalue weighted by molar-refractivity contribution is 0.756. The second-order valence-corrected chi connectivity index (χ2v) is 4.34. The van der Waals surface area contributed by atoms with E-state index in [0.717, 1.165) is 11.3 Å². The molecule has 0 saturated carbocycles. The molecule has 0 unspecified atom stereocenters. The summed E-state index contributed by atoms with van der Waals surface area (Å²) in [5.41, 5.74) is 8.16. The molecule has 6 nitrogen and oxygen atoms in total. The van der Waals surface area contributed by atoms with Gasteiger partial charge in [0.2, 0.25) is 5.95 Å². The Hall–Kier alpha value is -2.02. The van der Waals surface area contributed by atoms with Crippen molar-refractivity contribution in [2.75, 3.05) is 5.32 Å². The molecule has 7 heteroatoms. The van der Waals surface area contributed by atoms with Crippen LogP contribution in [0, 0.1) is 6.92 Å².